The summed E-state index contributed by atoms with van der Waals surface area (Å²) in [4.78, 5) is 23.2. The van der Waals surface area contributed by atoms with Crippen LogP contribution < -0.4 is 5.73 Å². The fourth-order valence-electron chi connectivity index (χ4n) is 2.59. The van der Waals surface area contributed by atoms with E-state index < -0.39 is 22.0 Å². The van der Waals surface area contributed by atoms with Gasteiger partial charge in [-0.15, -0.1) is 0 Å². The summed E-state index contributed by atoms with van der Waals surface area (Å²) in [6, 6.07) is 5.45. The molecule has 23 heavy (non-hydrogen) atoms. The highest BCUT2D eigenvalue weighted by Crippen LogP contribution is 2.32. The van der Waals surface area contributed by atoms with Crippen LogP contribution in [0.4, 0.5) is 0 Å². The van der Waals surface area contributed by atoms with Gasteiger partial charge in [-0.3, -0.25) is 9.59 Å². The fourth-order valence-corrected chi connectivity index (χ4v) is 4.01. The fraction of sp³-hybridized carbons (Fsp3) is 0.467. The van der Waals surface area contributed by atoms with Crippen molar-refractivity contribution in [2.45, 2.75) is 23.8 Å². The predicted molar refractivity (Wildman–Crippen MR) is 81.2 cm³/mol. The lowest BCUT2D eigenvalue weighted by molar-refractivity contribution is -0.135. The number of amides is 1. The van der Waals surface area contributed by atoms with Crippen LogP contribution in [-0.4, -0.2) is 50.2 Å². The first-order valence-corrected chi connectivity index (χ1v) is 8.89. The lowest BCUT2D eigenvalue weighted by Crippen LogP contribution is -2.48. The third kappa shape index (κ3) is 3.29. The molecule has 0 spiro atoms. The topological polar surface area (TPSA) is 107 Å². The molecular weight excluding hydrogens is 320 g/mol. The van der Waals surface area contributed by atoms with E-state index in [0.29, 0.717) is 0 Å². The standard InChI is InChI=1S/C15H18N2O5S/c16-15(19)11-3-5-12(6-4-11)23(20,21)17-7-8-22-13(9-17)14(18)10-1-2-10/h3-6,10,13H,1-2,7-9H2,(H2,16,19). The van der Waals surface area contributed by atoms with Gasteiger partial charge in [0, 0.05) is 24.6 Å². The molecule has 0 radical (unpaired) electrons. The molecule has 1 aromatic carbocycles. The molecule has 1 unspecified atom stereocenters. The number of hydrogen-bond acceptors (Lipinski definition) is 5. The van der Waals surface area contributed by atoms with Crippen LogP contribution in [0.15, 0.2) is 29.2 Å². The highest BCUT2D eigenvalue weighted by Gasteiger charge is 2.40. The van der Waals surface area contributed by atoms with Gasteiger partial charge in [0.2, 0.25) is 15.9 Å². The lowest BCUT2D eigenvalue weighted by Gasteiger charge is -2.31. The number of sulfonamides is 1. The Bertz CT molecular complexity index is 725. The first kappa shape index (κ1) is 16.1. The molecule has 1 heterocycles. The van der Waals surface area contributed by atoms with Crippen LogP contribution in [0.2, 0.25) is 0 Å². The molecule has 7 nitrogen and oxygen atoms in total. The van der Waals surface area contributed by atoms with Crippen LogP contribution in [0.25, 0.3) is 0 Å². The molecule has 2 fully saturated rings. The molecule has 1 aliphatic carbocycles. The van der Waals surface area contributed by atoms with Gasteiger partial charge >= 0.3 is 0 Å². The van der Waals surface area contributed by atoms with Gasteiger partial charge in [-0.2, -0.15) is 4.31 Å². The third-order valence-electron chi connectivity index (χ3n) is 4.10. The molecule has 3 rings (SSSR count). The van der Waals surface area contributed by atoms with Crippen LogP contribution in [-0.2, 0) is 19.6 Å². The average molecular weight is 338 g/mol. The van der Waals surface area contributed by atoms with Gasteiger partial charge < -0.3 is 10.5 Å². The third-order valence-corrected chi connectivity index (χ3v) is 5.98. The number of carbonyl (C=O) groups excluding carboxylic acids is 2. The van der Waals surface area contributed by atoms with Crippen molar-refractivity contribution in [1.29, 1.82) is 0 Å². The Labute approximate surface area is 134 Å². The quantitative estimate of drug-likeness (QED) is 0.823. The summed E-state index contributed by atoms with van der Waals surface area (Å²) in [5, 5.41) is 0. The number of rotatable bonds is 5. The molecule has 1 saturated carbocycles. The molecule has 1 atom stereocenters. The maximum absolute atomic E-state index is 12.7. The molecule has 2 N–H and O–H groups in total. The van der Waals surface area contributed by atoms with Gasteiger partial charge in [-0.25, -0.2) is 8.42 Å². The number of primary amides is 1. The molecular formula is C15H18N2O5S. The van der Waals surface area contributed by atoms with Gasteiger partial charge in [-0.05, 0) is 37.1 Å². The smallest absolute Gasteiger partial charge is 0.248 e. The highest BCUT2D eigenvalue weighted by atomic mass is 32.2. The monoisotopic (exact) mass is 338 g/mol. The summed E-state index contributed by atoms with van der Waals surface area (Å²) >= 11 is 0. The number of benzene rings is 1. The minimum atomic E-state index is -3.73. The van der Waals surface area contributed by atoms with Crippen molar-refractivity contribution in [3.8, 4) is 0 Å². The van der Waals surface area contributed by atoms with Crippen molar-refractivity contribution < 1.29 is 22.7 Å². The number of nitrogens with zero attached hydrogens (tertiary/aromatic N) is 1. The Kier molecular flexibility index (Phi) is 4.22. The van der Waals surface area contributed by atoms with E-state index in [1.54, 1.807) is 0 Å². The van der Waals surface area contributed by atoms with E-state index in [1.165, 1.54) is 28.6 Å². The molecule has 2 aliphatic rings. The van der Waals surface area contributed by atoms with Gasteiger partial charge in [0.25, 0.3) is 0 Å². The number of hydrogen-bond donors (Lipinski definition) is 1. The van der Waals surface area contributed by atoms with Crippen molar-refractivity contribution in [3.05, 3.63) is 29.8 Å². The molecule has 1 saturated heterocycles. The summed E-state index contributed by atoms with van der Waals surface area (Å²) in [5.74, 6) is -0.595. The zero-order valence-corrected chi connectivity index (χ0v) is 13.3. The van der Waals surface area contributed by atoms with E-state index in [4.69, 9.17) is 10.5 Å². The van der Waals surface area contributed by atoms with Crippen LogP contribution in [0.3, 0.4) is 0 Å². The SMILES string of the molecule is NC(=O)c1ccc(S(=O)(=O)N2CCOC(C(=O)C3CC3)C2)cc1. The van der Waals surface area contributed by atoms with Crippen molar-refractivity contribution >= 4 is 21.7 Å². The molecule has 1 aliphatic heterocycles. The van der Waals surface area contributed by atoms with Crippen molar-refractivity contribution in [2.24, 2.45) is 11.7 Å². The van der Waals surface area contributed by atoms with E-state index in [-0.39, 0.29) is 41.9 Å². The molecule has 1 aromatic rings. The van der Waals surface area contributed by atoms with Crippen LogP contribution in [0, 0.1) is 5.92 Å². The Balaban J connectivity index is 1.78. The minimum absolute atomic E-state index is 0.00558. The number of Topliss-reactive ketones (excluding diaryl/α,β-unsaturated/α-hetero) is 1. The summed E-state index contributed by atoms with van der Waals surface area (Å²) in [5.41, 5.74) is 5.39. The largest absolute Gasteiger partial charge is 0.368 e. The van der Waals surface area contributed by atoms with Crippen LogP contribution in [0.1, 0.15) is 23.2 Å². The number of ether oxygens (including phenoxy) is 1. The van der Waals surface area contributed by atoms with Gasteiger partial charge in [0.1, 0.15) is 6.10 Å². The van der Waals surface area contributed by atoms with Crippen LogP contribution in [0.5, 0.6) is 0 Å². The number of nitrogens with two attached hydrogens (primary N) is 1. The molecule has 0 bridgehead atoms. The summed E-state index contributed by atoms with van der Waals surface area (Å²) in [6.45, 7) is 0.436. The summed E-state index contributed by atoms with van der Waals surface area (Å²) in [7, 11) is -3.73. The normalized spacial score (nSPS) is 22.7. The van der Waals surface area contributed by atoms with Crippen molar-refractivity contribution in [2.75, 3.05) is 19.7 Å². The van der Waals surface area contributed by atoms with E-state index in [2.05, 4.69) is 0 Å². The minimum Gasteiger partial charge on any atom is -0.368 e. The lowest BCUT2D eigenvalue weighted by atomic mass is 10.1. The Morgan fingerprint density at radius 3 is 2.39 bits per heavy atom. The van der Waals surface area contributed by atoms with Gasteiger partial charge in [0.05, 0.1) is 11.5 Å². The second-order valence-corrected chi connectivity index (χ2v) is 7.73. The second-order valence-electron chi connectivity index (χ2n) is 5.79. The first-order valence-electron chi connectivity index (χ1n) is 7.45. The number of carbonyl (C=O) groups is 2. The molecule has 0 aromatic heterocycles. The van der Waals surface area contributed by atoms with E-state index in [9.17, 15) is 18.0 Å². The highest BCUT2D eigenvalue weighted by molar-refractivity contribution is 7.89. The van der Waals surface area contributed by atoms with Gasteiger partial charge in [-0.1, -0.05) is 0 Å². The zero-order chi connectivity index (χ0) is 16.6. The summed E-state index contributed by atoms with van der Waals surface area (Å²) < 4.78 is 32.0. The average Bonchev–Trinajstić information content (AvgIpc) is 3.39. The van der Waals surface area contributed by atoms with E-state index in [0.717, 1.165) is 12.8 Å². The Hall–Kier alpha value is -1.77. The maximum Gasteiger partial charge on any atom is 0.248 e. The molecule has 124 valence electrons. The maximum atomic E-state index is 12.7. The number of ketones is 1. The molecule has 1 amide bonds. The zero-order valence-electron chi connectivity index (χ0n) is 12.5. The Morgan fingerprint density at radius 1 is 1.17 bits per heavy atom. The van der Waals surface area contributed by atoms with Crippen molar-refractivity contribution in [1.82, 2.24) is 4.31 Å². The van der Waals surface area contributed by atoms with Gasteiger partial charge in [0.15, 0.2) is 5.78 Å². The second kappa shape index (κ2) is 6.03. The summed E-state index contributed by atoms with van der Waals surface area (Å²) in [6.07, 6.45) is 1.04. The first-order chi connectivity index (χ1) is 10.9. The van der Waals surface area contributed by atoms with Crippen molar-refractivity contribution in [3.63, 3.8) is 0 Å². The Morgan fingerprint density at radius 2 is 1.83 bits per heavy atom. The van der Waals surface area contributed by atoms with E-state index >= 15 is 0 Å². The predicted octanol–water partition coefficient (Wildman–Crippen LogP) is 0.154. The van der Waals surface area contributed by atoms with E-state index in [1.807, 2.05) is 0 Å². The molecule has 8 heteroatoms. The van der Waals surface area contributed by atoms with Crippen LogP contribution >= 0.6 is 0 Å². The number of morpholine rings is 1.